The average Bonchev–Trinajstić information content (AvgIpc) is 2.77. The molecule has 1 aliphatic heterocycles. The summed E-state index contributed by atoms with van der Waals surface area (Å²) in [6, 6.07) is 16.2. The van der Waals surface area contributed by atoms with Crippen molar-refractivity contribution in [3.8, 4) is 5.75 Å². The molecule has 0 spiro atoms. The van der Waals surface area contributed by atoms with Crippen LogP contribution in [0.1, 0.15) is 12.8 Å². The molecule has 6 nitrogen and oxygen atoms in total. The number of thioether (sulfide) groups is 1. The number of hydrogen-bond donors (Lipinski definition) is 1. The molecule has 1 aliphatic rings. The van der Waals surface area contributed by atoms with Gasteiger partial charge in [0, 0.05) is 24.5 Å². The highest BCUT2D eigenvalue weighted by molar-refractivity contribution is 8.00. The van der Waals surface area contributed by atoms with Crippen LogP contribution in [0.3, 0.4) is 0 Å². The van der Waals surface area contributed by atoms with E-state index in [0.717, 1.165) is 24.3 Å². The standard InChI is InChI=1S/C21H26N2O4S2/c1-27-18-9-11-20(12-10-18)29(25,26)22-14-17-6-5-13-23(15-17)21(24)16-28-19-7-3-2-4-8-19/h2-4,7-12,17,22H,5-6,13-16H2,1H3. The molecule has 156 valence electrons. The van der Waals surface area contributed by atoms with Crippen LogP contribution in [0.15, 0.2) is 64.4 Å². The molecule has 8 heteroatoms. The van der Waals surface area contributed by atoms with Crippen molar-refractivity contribution < 1.29 is 17.9 Å². The first-order chi connectivity index (χ1) is 14.0. The van der Waals surface area contributed by atoms with E-state index in [2.05, 4.69) is 4.72 Å². The first-order valence-corrected chi connectivity index (χ1v) is 12.0. The van der Waals surface area contributed by atoms with Gasteiger partial charge in [0.1, 0.15) is 5.75 Å². The fourth-order valence-corrected chi connectivity index (χ4v) is 5.22. The molecule has 0 radical (unpaired) electrons. The second kappa shape index (κ2) is 10.1. The number of ether oxygens (including phenoxy) is 1. The molecule has 29 heavy (non-hydrogen) atoms. The Bertz CT molecular complexity index is 902. The quantitative estimate of drug-likeness (QED) is 0.647. The fourth-order valence-electron chi connectivity index (χ4n) is 3.28. The lowest BCUT2D eigenvalue weighted by atomic mass is 9.98. The van der Waals surface area contributed by atoms with Crippen LogP contribution in [-0.2, 0) is 14.8 Å². The van der Waals surface area contributed by atoms with Crippen LogP contribution in [0.2, 0.25) is 0 Å². The second-order valence-corrected chi connectivity index (χ2v) is 9.79. The van der Waals surface area contributed by atoms with Crippen molar-refractivity contribution in [2.45, 2.75) is 22.6 Å². The monoisotopic (exact) mass is 434 g/mol. The van der Waals surface area contributed by atoms with Gasteiger partial charge >= 0.3 is 0 Å². The third kappa shape index (κ3) is 6.22. The summed E-state index contributed by atoms with van der Waals surface area (Å²) in [7, 11) is -2.04. The normalized spacial score (nSPS) is 17.1. The SMILES string of the molecule is COc1ccc(S(=O)(=O)NCC2CCCN(C(=O)CSc3ccccc3)C2)cc1. The topological polar surface area (TPSA) is 75.7 Å². The van der Waals surface area contributed by atoms with Crippen molar-refractivity contribution in [2.75, 3.05) is 32.5 Å². The van der Waals surface area contributed by atoms with E-state index in [1.807, 2.05) is 35.2 Å². The van der Waals surface area contributed by atoms with Crippen molar-refractivity contribution in [2.24, 2.45) is 5.92 Å². The highest BCUT2D eigenvalue weighted by Gasteiger charge is 2.25. The minimum atomic E-state index is -3.58. The highest BCUT2D eigenvalue weighted by Crippen LogP contribution is 2.21. The predicted molar refractivity (Wildman–Crippen MR) is 115 cm³/mol. The number of rotatable bonds is 8. The number of carbonyl (C=O) groups is 1. The fraction of sp³-hybridized carbons (Fsp3) is 0.381. The summed E-state index contributed by atoms with van der Waals surface area (Å²) >= 11 is 1.53. The second-order valence-electron chi connectivity index (χ2n) is 6.98. The molecule has 1 atom stereocenters. The molecular weight excluding hydrogens is 408 g/mol. The van der Waals surface area contributed by atoms with E-state index in [1.165, 1.54) is 31.0 Å². The Morgan fingerprint density at radius 2 is 1.90 bits per heavy atom. The lowest BCUT2D eigenvalue weighted by Gasteiger charge is -2.32. The maximum atomic E-state index is 12.6. The summed E-state index contributed by atoms with van der Waals surface area (Å²) in [6.45, 7) is 1.64. The van der Waals surface area contributed by atoms with Crippen molar-refractivity contribution in [1.82, 2.24) is 9.62 Å². The largest absolute Gasteiger partial charge is 0.497 e. The van der Waals surface area contributed by atoms with Crippen molar-refractivity contribution in [1.29, 1.82) is 0 Å². The third-order valence-corrected chi connectivity index (χ3v) is 7.35. The zero-order chi connectivity index (χ0) is 20.7. The third-order valence-electron chi connectivity index (χ3n) is 4.91. The van der Waals surface area contributed by atoms with Gasteiger partial charge in [-0.25, -0.2) is 13.1 Å². The number of piperidine rings is 1. The summed E-state index contributed by atoms with van der Waals surface area (Å²) < 4.78 is 32.8. The van der Waals surface area contributed by atoms with Gasteiger partial charge in [-0.2, -0.15) is 0 Å². The van der Waals surface area contributed by atoms with Crippen LogP contribution in [-0.4, -0.2) is 51.7 Å². The van der Waals surface area contributed by atoms with E-state index in [1.54, 1.807) is 12.1 Å². The van der Waals surface area contributed by atoms with Crippen molar-refractivity contribution in [3.63, 3.8) is 0 Å². The lowest BCUT2D eigenvalue weighted by molar-refractivity contribution is -0.130. The van der Waals surface area contributed by atoms with E-state index >= 15 is 0 Å². The van der Waals surface area contributed by atoms with E-state index in [9.17, 15) is 13.2 Å². The maximum absolute atomic E-state index is 12.6. The Morgan fingerprint density at radius 3 is 2.59 bits per heavy atom. The first kappa shape index (κ1) is 21.7. The molecule has 0 bridgehead atoms. The number of sulfonamides is 1. The minimum absolute atomic E-state index is 0.0987. The molecule has 0 saturated carbocycles. The molecule has 2 aromatic carbocycles. The Kier molecular flexibility index (Phi) is 7.57. The number of nitrogens with zero attached hydrogens (tertiary/aromatic N) is 1. The van der Waals surface area contributed by atoms with Gasteiger partial charge in [0.25, 0.3) is 0 Å². The van der Waals surface area contributed by atoms with Crippen LogP contribution in [0, 0.1) is 5.92 Å². The van der Waals surface area contributed by atoms with Crippen LogP contribution >= 0.6 is 11.8 Å². The van der Waals surface area contributed by atoms with Gasteiger partial charge in [-0.15, -0.1) is 11.8 Å². The van der Waals surface area contributed by atoms with Gasteiger partial charge in [0.05, 0.1) is 17.8 Å². The molecule has 1 heterocycles. The number of benzene rings is 2. The van der Waals surface area contributed by atoms with Gasteiger partial charge in [-0.3, -0.25) is 4.79 Å². The molecule has 1 saturated heterocycles. The summed E-state index contributed by atoms with van der Waals surface area (Å²) in [4.78, 5) is 15.7. The van der Waals surface area contributed by atoms with Gasteiger partial charge in [-0.05, 0) is 55.2 Å². The van der Waals surface area contributed by atoms with E-state index in [4.69, 9.17) is 4.74 Å². The molecule has 0 aliphatic carbocycles. The zero-order valence-electron chi connectivity index (χ0n) is 16.4. The molecular formula is C21H26N2O4S2. The van der Waals surface area contributed by atoms with Crippen molar-refractivity contribution >= 4 is 27.7 Å². The van der Waals surface area contributed by atoms with Crippen LogP contribution in [0.4, 0.5) is 0 Å². The minimum Gasteiger partial charge on any atom is -0.497 e. The molecule has 0 aromatic heterocycles. The molecule has 1 unspecified atom stereocenters. The number of hydrogen-bond acceptors (Lipinski definition) is 5. The summed E-state index contributed by atoms with van der Waals surface area (Å²) in [5, 5.41) is 0. The Hall–Kier alpha value is -2.03. The predicted octanol–water partition coefficient (Wildman–Crippen LogP) is 3.00. The number of methoxy groups -OCH3 is 1. The number of likely N-dealkylation sites (tertiary alicyclic amines) is 1. The van der Waals surface area contributed by atoms with Gasteiger partial charge in [0.15, 0.2) is 0 Å². The van der Waals surface area contributed by atoms with Gasteiger partial charge < -0.3 is 9.64 Å². The molecule has 2 aromatic rings. The summed E-state index contributed by atoms with van der Waals surface area (Å²) in [5.74, 6) is 1.22. The Balaban J connectivity index is 1.50. The average molecular weight is 435 g/mol. The lowest BCUT2D eigenvalue weighted by Crippen LogP contribution is -2.44. The molecule has 3 rings (SSSR count). The van der Waals surface area contributed by atoms with E-state index in [-0.39, 0.29) is 16.7 Å². The highest BCUT2D eigenvalue weighted by atomic mass is 32.2. The number of nitrogens with one attached hydrogen (secondary N) is 1. The van der Waals surface area contributed by atoms with Gasteiger partial charge in [0.2, 0.25) is 15.9 Å². The Labute approximate surface area is 176 Å². The van der Waals surface area contributed by atoms with Crippen molar-refractivity contribution in [3.05, 3.63) is 54.6 Å². The first-order valence-electron chi connectivity index (χ1n) is 9.57. The Morgan fingerprint density at radius 1 is 1.17 bits per heavy atom. The molecule has 1 amide bonds. The summed E-state index contributed by atoms with van der Waals surface area (Å²) in [6.07, 6.45) is 1.79. The van der Waals surface area contributed by atoms with E-state index in [0.29, 0.717) is 24.6 Å². The molecule has 1 fully saturated rings. The van der Waals surface area contributed by atoms with Gasteiger partial charge in [-0.1, -0.05) is 18.2 Å². The number of carbonyl (C=O) groups excluding carboxylic acids is 1. The maximum Gasteiger partial charge on any atom is 0.240 e. The molecule has 1 N–H and O–H groups in total. The van der Waals surface area contributed by atoms with Crippen LogP contribution < -0.4 is 9.46 Å². The summed E-state index contributed by atoms with van der Waals surface area (Å²) in [5.41, 5.74) is 0. The van der Waals surface area contributed by atoms with Crippen LogP contribution in [0.25, 0.3) is 0 Å². The zero-order valence-corrected chi connectivity index (χ0v) is 18.0. The van der Waals surface area contributed by atoms with E-state index < -0.39 is 10.0 Å². The smallest absolute Gasteiger partial charge is 0.240 e. The number of amides is 1. The van der Waals surface area contributed by atoms with Crippen LogP contribution in [0.5, 0.6) is 5.75 Å².